The van der Waals surface area contributed by atoms with E-state index in [0.29, 0.717) is 6.42 Å². The minimum Gasteiger partial charge on any atom is -0.480 e. The number of benzene rings is 1. The molecule has 0 aromatic heterocycles. The third-order valence-electron chi connectivity index (χ3n) is 4.10. The Labute approximate surface area is 119 Å². The molecule has 2 rings (SSSR count). The first-order chi connectivity index (χ1) is 9.43. The van der Waals surface area contributed by atoms with Gasteiger partial charge in [-0.3, -0.25) is 4.79 Å². The molecule has 1 saturated carbocycles. The Kier molecular flexibility index (Phi) is 4.12. The van der Waals surface area contributed by atoms with E-state index < -0.39 is 11.5 Å². The SMILES string of the molecule is C[C@@H](CC(=O)N[C@@](C)(C(=O)O)C1CC1)c1ccccc1. The van der Waals surface area contributed by atoms with Gasteiger partial charge in [0, 0.05) is 6.42 Å². The molecule has 1 amide bonds. The first-order valence-corrected chi connectivity index (χ1v) is 7.03. The minimum atomic E-state index is -1.12. The fourth-order valence-corrected chi connectivity index (χ4v) is 2.51. The van der Waals surface area contributed by atoms with Crippen molar-refractivity contribution >= 4 is 11.9 Å². The molecule has 4 nitrogen and oxygen atoms in total. The summed E-state index contributed by atoms with van der Waals surface area (Å²) in [5, 5.41) is 12.0. The molecule has 0 unspecified atom stereocenters. The van der Waals surface area contributed by atoms with Crippen LogP contribution in [-0.2, 0) is 9.59 Å². The number of carbonyl (C=O) groups excluding carboxylic acids is 1. The monoisotopic (exact) mass is 275 g/mol. The second-order valence-corrected chi connectivity index (χ2v) is 5.85. The van der Waals surface area contributed by atoms with Crippen molar-refractivity contribution in [2.45, 2.75) is 44.6 Å². The molecule has 1 aliphatic carbocycles. The zero-order valence-electron chi connectivity index (χ0n) is 11.9. The van der Waals surface area contributed by atoms with Crippen molar-refractivity contribution in [2.24, 2.45) is 5.92 Å². The van der Waals surface area contributed by atoms with Gasteiger partial charge in [-0.1, -0.05) is 37.3 Å². The highest BCUT2D eigenvalue weighted by Gasteiger charge is 2.48. The van der Waals surface area contributed by atoms with Crippen molar-refractivity contribution in [3.8, 4) is 0 Å². The number of carboxylic acids is 1. The third kappa shape index (κ3) is 3.18. The van der Waals surface area contributed by atoms with Crippen molar-refractivity contribution in [1.29, 1.82) is 0 Å². The van der Waals surface area contributed by atoms with Gasteiger partial charge in [0.25, 0.3) is 0 Å². The molecule has 2 atom stereocenters. The molecule has 0 bridgehead atoms. The molecular formula is C16H21NO3. The van der Waals surface area contributed by atoms with Crippen molar-refractivity contribution in [2.75, 3.05) is 0 Å². The quantitative estimate of drug-likeness (QED) is 0.838. The van der Waals surface area contributed by atoms with Crippen molar-refractivity contribution in [3.63, 3.8) is 0 Å². The maximum Gasteiger partial charge on any atom is 0.329 e. The zero-order valence-corrected chi connectivity index (χ0v) is 11.9. The molecule has 0 radical (unpaired) electrons. The first kappa shape index (κ1) is 14.6. The second-order valence-electron chi connectivity index (χ2n) is 5.85. The van der Waals surface area contributed by atoms with E-state index in [0.717, 1.165) is 18.4 Å². The first-order valence-electron chi connectivity index (χ1n) is 7.03. The Hall–Kier alpha value is -1.84. The Morgan fingerprint density at radius 2 is 1.95 bits per heavy atom. The van der Waals surface area contributed by atoms with Gasteiger partial charge >= 0.3 is 5.97 Å². The number of carbonyl (C=O) groups is 2. The van der Waals surface area contributed by atoms with Gasteiger partial charge in [0.1, 0.15) is 5.54 Å². The van der Waals surface area contributed by atoms with E-state index in [1.54, 1.807) is 6.92 Å². The lowest BCUT2D eigenvalue weighted by molar-refractivity contribution is -0.148. The second kappa shape index (κ2) is 5.65. The van der Waals surface area contributed by atoms with Gasteiger partial charge in [0.05, 0.1) is 0 Å². The van der Waals surface area contributed by atoms with E-state index in [1.165, 1.54) is 0 Å². The van der Waals surface area contributed by atoms with Crippen molar-refractivity contribution < 1.29 is 14.7 Å². The topological polar surface area (TPSA) is 66.4 Å². The predicted molar refractivity (Wildman–Crippen MR) is 76.4 cm³/mol. The Morgan fingerprint density at radius 3 is 2.45 bits per heavy atom. The maximum atomic E-state index is 12.1. The summed E-state index contributed by atoms with van der Waals surface area (Å²) in [7, 11) is 0. The van der Waals surface area contributed by atoms with Gasteiger partial charge < -0.3 is 10.4 Å². The van der Waals surface area contributed by atoms with Crippen LogP contribution in [0.4, 0.5) is 0 Å². The lowest BCUT2D eigenvalue weighted by atomic mass is 9.93. The molecule has 1 fully saturated rings. The van der Waals surface area contributed by atoms with Crippen LogP contribution in [0.3, 0.4) is 0 Å². The van der Waals surface area contributed by atoms with E-state index in [1.807, 2.05) is 37.3 Å². The van der Waals surface area contributed by atoms with Gasteiger partial charge in [-0.2, -0.15) is 0 Å². The molecule has 4 heteroatoms. The summed E-state index contributed by atoms with van der Waals surface area (Å²) in [5.41, 5.74) is -0.0286. The summed E-state index contributed by atoms with van der Waals surface area (Å²) in [5.74, 6) is -0.997. The Balaban J connectivity index is 1.97. The average molecular weight is 275 g/mol. The average Bonchev–Trinajstić information content (AvgIpc) is 3.23. The molecule has 108 valence electrons. The number of carboxylic acid groups (broad SMARTS) is 1. The van der Waals surface area contributed by atoms with Crippen LogP contribution in [0.2, 0.25) is 0 Å². The largest absolute Gasteiger partial charge is 0.480 e. The summed E-state index contributed by atoms with van der Waals surface area (Å²) in [6, 6.07) is 9.78. The fraction of sp³-hybridized carbons (Fsp3) is 0.500. The molecule has 2 N–H and O–H groups in total. The van der Waals surface area contributed by atoms with Gasteiger partial charge in [0.2, 0.25) is 5.91 Å². The Bertz CT molecular complexity index is 496. The van der Waals surface area contributed by atoms with E-state index in [4.69, 9.17) is 0 Å². The number of hydrogen-bond acceptors (Lipinski definition) is 2. The number of nitrogens with one attached hydrogen (secondary N) is 1. The molecular weight excluding hydrogens is 254 g/mol. The van der Waals surface area contributed by atoms with E-state index in [2.05, 4.69) is 5.32 Å². The Morgan fingerprint density at radius 1 is 1.35 bits per heavy atom. The summed E-state index contributed by atoms with van der Waals surface area (Å²) < 4.78 is 0. The molecule has 0 spiro atoms. The summed E-state index contributed by atoms with van der Waals surface area (Å²) in [4.78, 5) is 23.5. The molecule has 1 aliphatic rings. The molecule has 0 aliphatic heterocycles. The smallest absolute Gasteiger partial charge is 0.329 e. The number of aliphatic carboxylic acids is 1. The molecule has 0 heterocycles. The number of hydrogen-bond donors (Lipinski definition) is 2. The van der Waals surface area contributed by atoms with Crippen LogP contribution >= 0.6 is 0 Å². The van der Waals surface area contributed by atoms with Crippen LogP contribution in [-0.4, -0.2) is 22.5 Å². The van der Waals surface area contributed by atoms with Crippen LogP contribution in [0.1, 0.15) is 44.6 Å². The van der Waals surface area contributed by atoms with Gasteiger partial charge in [-0.25, -0.2) is 4.79 Å². The highest BCUT2D eigenvalue weighted by Crippen LogP contribution is 2.39. The van der Waals surface area contributed by atoms with E-state index in [-0.39, 0.29) is 17.7 Å². The van der Waals surface area contributed by atoms with Gasteiger partial charge in [-0.15, -0.1) is 0 Å². The zero-order chi connectivity index (χ0) is 14.8. The standard InChI is InChI=1S/C16H21NO3/c1-11(12-6-4-3-5-7-12)10-14(18)17-16(2,15(19)20)13-8-9-13/h3-7,11,13H,8-10H2,1-2H3,(H,17,18)(H,19,20)/t11-,16+/m0/s1. The minimum absolute atomic E-state index is 0.0657. The van der Waals surface area contributed by atoms with Crippen LogP contribution in [0.25, 0.3) is 0 Å². The van der Waals surface area contributed by atoms with Crippen molar-refractivity contribution in [1.82, 2.24) is 5.32 Å². The summed E-state index contributed by atoms with van der Waals surface area (Å²) in [6.07, 6.45) is 2.05. The van der Waals surface area contributed by atoms with Crippen LogP contribution in [0.5, 0.6) is 0 Å². The maximum absolute atomic E-state index is 12.1. The van der Waals surface area contributed by atoms with Crippen LogP contribution < -0.4 is 5.32 Å². The van der Waals surface area contributed by atoms with Crippen LogP contribution in [0.15, 0.2) is 30.3 Å². The lowest BCUT2D eigenvalue weighted by Gasteiger charge is -2.26. The van der Waals surface area contributed by atoms with Gasteiger partial charge in [0.15, 0.2) is 0 Å². The molecule has 0 saturated heterocycles. The van der Waals surface area contributed by atoms with E-state index >= 15 is 0 Å². The molecule has 1 aromatic rings. The van der Waals surface area contributed by atoms with Gasteiger partial charge in [-0.05, 0) is 37.2 Å². The van der Waals surface area contributed by atoms with E-state index in [9.17, 15) is 14.7 Å². The highest BCUT2D eigenvalue weighted by molar-refractivity contribution is 5.87. The normalized spacial score (nSPS) is 18.9. The summed E-state index contributed by atoms with van der Waals surface area (Å²) >= 11 is 0. The van der Waals surface area contributed by atoms with Crippen LogP contribution in [0, 0.1) is 5.92 Å². The number of rotatable bonds is 6. The third-order valence-corrected chi connectivity index (χ3v) is 4.10. The lowest BCUT2D eigenvalue weighted by Crippen LogP contribution is -2.54. The highest BCUT2D eigenvalue weighted by atomic mass is 16.4. The van der Waals surface area contributed by atoms with Crippen molar-refractivity contribution in [3.05, 3.63) is 35.9 Å². The molecule has 20 heavy (non-hydrogen) atoms. The molecule has 1 aromatic carbocycles. The number of amides is 1. The fourth-order valence-electron chi connectivity index (χ4n) is 2.51. The summed E-state index contributed by atoms with van der Waals surface area (Å²) in [6.45, 7) is 3.59. The predicted octanol–water partition coefficient (Wildman–Crippen LogP) is 2.55.